The molecule has 0 radical (unpaired) electrons. The van der Waals surface area contributed by atoms with Gasteiger partial charge < -0.3 is 4.42 Å². The first-order valence-corrected chi connectivity index (χ1v) is 7.74. The summed E-state index contributed by atoms with van der Waals surface area (Å²) >= 11 is 0. The lowest BCUT2D eigenvalue weighted by Crippen LogP contribution is -1.84. The van der Waals surface area contributed by atoms with Gasteiger partial charge in [0.25, 0.3) is 0 Å². The Morgan fingerprint density at radius 3 is 2.09 bits per heavy atom. The van der Waals surface area contributed by atoms with Crippen molar-refractivity contribution in [2.45, 2.75) is 19.8 Å². The molecule has 1 aromatic heterocycles. The minimum Gasteiger partial charge on any atom is -0.456 e. The maximum Gasteiger partial charge on any atom is 0.136 e. The Morgan fingerprint density at radius 1 is 0.682 bits per heavy atom. The Morgan fingerprint density at radius 2 is 1.36 bits per heavy atom. The van der Waals surface area contributed by atoms with Crippen LogP contribution in [0.1, 0.15) is 25.3 Å². The van der Waals surface area contributed by atoms with E-state index in [0.717, 1.165) is 11.2 Å². The highest BCUT2D eigenvalue weighted by Crippen LogP contribution is 2.33. The number of benzene rings is 3. The minimum absolute atomic E-state index is 0.512. The lowest BCUT2D eigenvalue weighted by atomic mass is 10.0. The molecule has 0 saturated heterocycles. The highest BCUT2D eigenvalue weighted by molar-refractivity contribution is 6.06. The van der Waals surface area contributed by atoms with E-state index in [1.54, 1.807) is 0 Å². The second-order valence-electron chi connectivity index (χ2n) is 6.09. The van der Waals surface area contributed by atoms with E-state index in [4.69, 9.17) is 4.42 Å². The smallest absolute Gasteiger partial charge is 0.136 e. The molecule has 1 nitrogen and oxygen atoms in total. The summed E-state index contributed by atoms with van der Waals surface area (Å²) in [6.45, 7) is 4.41. The van der Waals surface area contributed by atoms with Crippen molar-refractivity contribution in [1.82, 2.24) is 0 Å². The normalized spacial score (nSPS) is 11.6. The van der Waals surface area contributed by atoms with Crippen LogP contribution in [0.5, 0.6) is 0 Å². The van der Waals surface area contributed by atoms with Crippen LogP contribution >= 0.6 is 0 Å². The van der Waals surface area contributed by atoms with Crippen molar-refractivity contribution < 1.29 is 4.42 Å². The predicted octanol–water partition coefficient (Wildman–Crippen LogP) is 6.38. The summed E-state index contributed by atoms with van der Waals surface area (Å²) in [4.78, 5) is 0. The van der Waals surface area contributed by atoms with Crippen LogP contribution in [0, 0.1) is 0 Å². The first-order valence-electron chi connectivity index (χ1n) is 7.74. The van der Waals surface area contributed by atoms with Crippen LogP contribution in [0.2, 0.25) is 0 Å². The van der Waals surface area contributed by atoms with Gasteiger partial charge in [-0.05, 0) is 40.8 Å². The number of hydrogen-bond acceptors (Lipinski definition) is 1. The van der Waals surface area contributed by atoms with E-state index in [-0.39, 0.29) is 0 Å². The van der Waals surface area contributed by atoms with Crippen LogP contribution in [-0.4, -0.2) is 0 Å². The summed E-state index contributed by atoms with van der Waals surface area (Å²) in [6.07, 6.45) is 0. The molecule has 0 aliphatic heterocycles. The number of hydrogen-bond donors (Lipinski definition) is 0. The molecule has 1 heteroatoms. The lowest BCUT2D eigenvalue weighted by Gasteiger charge is -2.03. The first-order chi connectivity index (χ1) is 10.7. The maximum absolute atomic E-state index is 6.11. The number of furan rings is 1. The molecule has 0 spiro atoms. The van der Waals surface area contributed by atoms with Crippen LogP contribution in [0.4, 0.5) is 0 Å². The molecule has 0 amide bonds. The van der Waals surface area contributed by atoms with Gasteiger partial charge in [0.15, 0.2) is 0 Å². The van der Waals surface area contributed by atoms with E-state index >= 15 is 0 Å². The molecule has 108 valence electrons. The van der Waals surface area contributed by atoms with Gasteiger partial charge in [0.2, 0.25) is 0 Å². The summed E-state index contributed by atoms with van der Waals surface area (Å²) < 4.78 is 6.11. The third-order valence-electron chi connectivity index (χ3n) is 4.27. The van der Waals surface area contributed by atoms with Crippen LogP contribution < -0.4 is 0 Å². The molecule has 0 aliphatic carbocycles. The quantitative estimate of drug-likeness (QED) is 0.417. The van der Waals surface area contributed by atoms with Crippen molar-refractivity contribution in [2.75, 3.05) is 0 Å². The summed E-state index contributed by atoms with van der Waals surface area (Å²) in [7, 11) is 0. The Labute approximate surface area is 130 Å². The first kappa shape index (κ1) is 13.1. The van der Waals surface area contributed by atoms with E-state index in [0.29, 0.717) is 5.92 Å². The average Bonchev–Trinajstić information content (AvgIpc) is 2.92. The zero-order chi connectivity index (χ0) is 15.1. The predicted molar refractivity (Wildman–Crippen MR) is 93.2 cm³/mol. The van der Waals surface area contributed by atoms with Gasteiger partial charge in [0.1, 0.15) is 11.2 Å². The Bertz CT molecular complexity index is 946. The van der Waals surface area contributed by atoms with Crippen molar-refractivity contribution in [3.8, 4) is 11.1 Å². The standard InChI is InChI=1S/C21H18O/c1-14(2)16-8-10-18-19-11-9-17(15-6-4-3-5-7-15)13-21(19)22-20(18)12-16/h3-14H,1-2H3. The molecule has 0 bridgehead atoms. The van der Waals surface area contributed by atoms with Crippen LogP contribution in [0.15, 0.2) is 71.1 Å². The van der Waals surface area contributed by atoms with Gasteiger partial charge in [-0.25, -0.2) is 0 Å². The molecular formula is C21H18O. The van der Waals surface area contributed by atoms with Gasteiger partial charge in [0, 0.05) is 10.8 Å². The van der Waals surface area contributed by atoms with Gasteiger partial charge in [-0.1, -0.05) is 62.4 Å². The van der Waals surface area contributed by atoms with Crippen molar-refractivity contribution in [2.24, 2.45) is 0 Å². The summed E-state index contributed by atoms with van der Waals surface area (Å²) in [5, 5.41) is 2.38. The monoisotopic (exact) mass is 286 g/mol. The lowest BCUT2D eigenvalue weighted by molar-refractivity contribution is 0.667. The van der Waals surface area contributed by atoms with E-state index in [9.17, 15) is 0 Å². The van der Waals surface area contributed by atoms with Gasteiger partial charge >= 0.3 is 0 Å². The molecule has 0 N–H and O–H groups in total. The van der Waals surface area contributed by atoms with Crippen molar-refractivity contribution in [1.29, 1.82) is 0 Å². The second-order valence-corrected chi connectivity index (χ2v) is 6.09. The molecule has 0 saturated carbocycles. The molecule has 1 heterocycles. The SMILES string of the molecule is CC(C)c1ccc2c(c1)oc1cc(-c3ccccc3)ccc12. The fraction of sp³-hybridized carbons (Fsp3) is 0.143. The van der Waals surface area contributed by atoms with E-state index in [1.165, 1.54) is 27.5 Å². The minimum atomic E-state index is 0.512. The van der Waals surface area contributed by atoms with E-state index < -0.39 is 0 Å². The molecule has 0 unspecified atom stereocenters. The van der Waals surface area contributed by atoms with Crippen LogP contribution in [-0.2, 0) is 0 Å². The van der Waals surface area contributed by atoms with Gasteiger partial charge in [-0.2, -0.15) is 0 Å². The number of fused-ring (bicyclic) bond motifs is 3. The average molecular weight is 286 g/mol. The highest BCUT2D eigenvalue weighted by atomic mass is 16.3. The fourth-order valence-corrected chi connectivity index (χ4v) is 2.96. The van der Waals surface area contributed by atoms with Gasteiger partial charge in [0.05, 0.1) is 0 Å². The summed E-state index contributed by atoms with van der Waals surface area (Å²) in [5.74, 6) is 0.512. The molecule has 4 aromatic rings. The Hall–Kier alpha value is -2.54. The Balaban J connectivity index is 1.91. The van der Waals surface area contributed by atoms with Crippen molar-refractivity contribution >= 4 is 21.9 Å². The third kappa shape index (κ3) is 2.10. The summed E-state index contributed by atoms with van der Waals surface area (Å²) in [5.41, 5.74) is 5.66. The Kier molecular flexibility index (Phi) is 3.00. The van der Waals surface area contributed by atoms with Gasteiger partial charge in [-0.15, -0.1) is 0 Å². The molecule has 0 atom stereocenters. The van der Waals surface area contributed by atoms with Crippen molar-refractivity contribution in [3.05, 3.63) is 72.3 Å². The fourth-order valence-electron chi connectivity index (χ4n) is 2.96. The third-order valence-corrected chi connectivity index (χ3v) is 4.27. The summed E-state index contributed by atoms with van der Waals surface area (Å²) in [6, 6.07) is 23.4. The van der Waals surface area contributed by atoms with Gasteiger partial charge in [-0.3, -0.25) is 0 Å². The van der Waals surface area contributed by atoms with Crippen molar-refractivity contribution in [3.63, 3.8) is 0 Å². The molecule has 0 aliphatic rings. The number of rotatable bonds is 2. The van der Waals surface area contributed by atoms with Crippen LogP contribution in [0.25, 0.3) is 33.1 Å². The maximum atomic E-state index is 6.11. The van der Waals surface area contributed by atoms with Crippen LogP contribution in [0.3, 0.4) is 0 Å². The zero-order valence-corrected chi connectivity index (χ0v) is 12.8. The molecule has 4 rings (SSSR count). The highest BCUT2D eigenvalue weighted by Gasteiger charge is 2.10. The molecule has 3 aromatic carbocycles. The largest absolute Gasteiger partial charge is 0.456 e. The topological polar surface area (TPSA) is 13.1 Å². The molecule has 0 fully saturated rings. The van der Waals surface area contributed by atoms with E-state index in [1.807, 2.05) is 6.07 Å². The second kappa shape index (κ2) is 5.03. The molecule has 22 heavy (non-hydrogen) atoms. The molecular weight excluding hydrogens is 268 g/mol. The van der Waals surface area contributed by atoms with E-state index in [2.05, 4.69) is 74.5 Å². The zero-order valence-electron chi connectivity index (χ0n) is 12.8.